The van der Waals surface area contributed by atoms with Crippen molar-refractivity contribution >= 4 is 11.8 Å². The van der Waals surface area contributed by atoms with Crippen LogP contribution in [0, 0.1) is 5.21 Å². The van der Waals surface area contributed by atoms with Crippen LogP contribution in [0.1, 0.15) is 26.3 Å². The van der Waals surface area contributed by atoms with Crippen LogP contribution in [0.2, 0.25) is 0 Å². The molecule has 0 spiro atoms. The summed E-state index contributed by atoms with van der Waals surface area (Å²) in [5.74, 6) is 0. The molecule has 2 heteroatoms. The van der Waals surface area contributed by atoms with Gasteiger partial charge in [-0.1, -0.05) is 24.8 Å². The molecule has 0 fully saturated rings. The smallest absolute Gasteiger partial charge is 0.138 e. The van der Waals surface area contributed by atoms with E-state index in [1.165, 1.54) is 0 Å². The summed E-state index contributed by atoms with van der Waals surface area (Å²) in [6, 6.07) is 7.55. The van der Waals surface area contributed by atoms with Crippen molar-refractivity contribution in [3.8, 4) is 0 Å². The number of hydroxylamine groups is 1. The highest BCUT2D eigenvalue weighted by molar-refractivity contribution is 5.59. The maximum absolute atomic E-state index is 12.0. The van der Waals surface area contributed by atoms with Crippen molar-refractivity contribution in [1.29, 1.82) is 0 Å². The highest BCUT2D eigenvalue weighted by Crippen LogP contribution is 2.13. The summed E-state index contributed by atoms with van der Waals surface area (Å²) in [6.45, 7) is 9.48. The van der Waals surface area contributed by atoms with Gasteiger partial charge in [0.1, 0.15) is 5.69 Å². The first-order chi connectivity index (χ1) is 6.46. The number of para-hydroxylation sites is 1. The predicted molar refractivity (Wildman–Crippen MR) is 60.3 cm³/mol. The van der Waals surface area contributed by atoms with Crippen molar-refractivity contribution in [1.82, 2.24) is 0 Å². The Morgan fingerprint density at radius 3 is 2.36 bits per heavy atom. The van der Waals surface area contributed by atoms with Crippen molar-refractivity contribution < 1.29 is 5.06 Å². The number of rotatable bonds is 2. The van der Waals surface area contributed by atoms with Crippen molar-refractivity contribution in [2.45, 2.75) is 26.3 Å². The van der Waals surface area contributed by atoms with Gasteiger partial charge in [0, 0.05) is 5.56 Å². The second kappa shape index (κ2) is 3.95. The van der Waals surface area contributed by atoms with E-state index in [9.17, 15) is 5.21 Å². The zero-order chi connectivity index (χ0) is 10.8. The van der Waals surface area contributed by atoms with Crippen LogP contribution < -0.4 is 5.06 Å². The lowest BCUT2D eigenvalue weighted by Gasteiger charge is -2.35. The molecule has 1 aromatic rings. The Bertz CT molecular complexity index is 325. The molecule has 0 saturated carbocycles. The van der Waals surface area contributed by atoms with E-state index >= 15 is 0 Å². The van der Waals surface area contributed by atoms with Gasteiger partial charge in [0.25, 0.3) is 0 Å². The third-order valence-corrected chi connectivity index (χ3v) is 2.11. The molecule has 1 N–H and O–H groups in total. The standard InChI is InChI=1S/C12H17NO/c1-5-10-8-6-7-9-11(10)13(14)12(2,3)4/h5-9,13H,1H2,2-4H3. The maximum atomic E-state index is 12.0. The fourth-order valence-corrected chi connectivity index (χ4v) is 1.29. The summed E-state index contributed by atoms with van der Waals surface area (Å²) in [6.07, 6.45) is 1.72. The zero-order valence-electron chi connectivity index (χ0n) is 9.00. The van der Waals surface area contributed by atoms with Gasteiger partial charge >= 0.3 is 0 Å². The second-order valence-corrected chi connectivity index (χ2v) is 4.37. The topological polar surface area (TPSA) is 27.5 Å². The SMILES string of the molecule is C=Cc1ccccc1[NH+]([O-])C(C)(C)C. The predicted octanol–water partition coefficient (Wildman–Crippen LogP) is 2.14. The fraction of sp³-hybridized carbons (Fsp3) is 0.333. The molecule has 0 aliphatic carbocycles. The minimum Gasteiger partial charge on any atom is -0.628 e. The molecule has 0 bridgehead atoms. The van der Waals surface area contributed by atoms with E-state index in [0.717, 1.165) is 11.3 Å². The second-order valence-electron chi connectivity index (χ2n) is 4.37. The summed E-state index contributed by atoms with van der Waals surface area (Å²) in [5.41, 5.74) is 1.33. The molecule has 1 atom stereocenters. The largest absolute Gasteiger partial charge is 0.628 e. The lowest BCUT2D eigenvalue weighted by atomic mass is 10.1. The number of hydrogen-bond acceptors (Lipinski definition) is 1. The third kappa shape index (κ3) is 2.22. The Morgan fingerprint density at radius 1 is 1.29 bits per heavy atom. The van der Waals surface area contributed by atoms with Gasteiger partial charge in [0.2, 0.25) is 0 Å². The third-order valence-electron chi connectivity index (χ3n) is 2.11. The number of nitrogens with one attached hydrogen (secondary N) is 1. The molecule has 2 nitrogen and oxygen atoms in total. The van der Waals surface area contributed by atoms with Crippen molar-refractivity contribution in [3.63, 3.8) is 0 Å². The van der Waals surface area contributed by atoms with E-state index in [1.54, 1.807) is 6.08 Å². The molecule has 0 amide bonds. The molecule has 0 aliphatic heterocycles. The molecule has 0 heterocycles. The lowest BCUT2D eigenvalue weighted by molar-refractivity contribution is -0.832. The zero-order valence-corrected chi connectivity index (χ0v) is 9.00. The van der Waals surface area contributed by atoms with Crippen LogP contribution >= 0.6 is 0 Å². The molecule has 1 aromatic carbocycles. The lowest BCUT2D eigenvalue weighted by Crippen LogP contribution is -3.10. The van der Waals surface area contributed by atoms with Crippen LogP contribution in [0.25, 0.3) is 6.08 Å². The Labute approximate surface area is 85.4 Å². The van der Waals surface area contributed by atoms with E-state index in [4.69, 9.17) is 0 Å². The van der Waals surface area contributed by atoms with Gasteiger partial charge in [-0.3, -0.25) is 0 Å². The van der Waals surface area contributed by atoms with Crippen LogP contribution in [0.3, 0.4) is 0 Å². The number of hydrogen-bond donors (Lipinski definition) is 1. The Morgan fingerprint density at radius 2 is 1.86 bits per heavy atom. The van der Waals surface area contributed by atoms with E-state index < -0.39 is 0 Å². The van der Waals surface area contributed by atoms with E-state index in [0.29, 0.717) is 0 Å². The van der Waals surface area contributed by atoms with E-state index in [2.05, 4.69) is 6.58 Å². The summed E-state index contributed by atoms with van der Waals surface area (Å²) in [5, 5.41) is 12.2. The average Bonchev–Trinajstić information content (AvgIpc) is 2.15. The van der Waals surface area contributed by atoms with Crippen LogP contribution in [-0.4, -0.2) is 5.54 Å². The van der Waals surface area contributed by atoms with Crippen LogP contribution in [0.15, 0.2) is 30.8 Å². The Balaban J connectivity index is 3.12. The minimum absolute atomic E-state index is 0.160. The maximum Gasteiger partial charge on any atom is 0.138 e. The summed E-state index contributed by atoms with van der Waals surface area (Å²) in [4.78, 5) is 0. The molecular weight excluding hydrogens is 174 g/mol. The van der Waals surface area contributed by atoms with Gasteiger partial charge < -0.3 is 10.3 Å². The molecule has 14 heavy (non-hydrogen) atoms. The molecule has 76 valence electrons. The summed E-state index contributed by atoms with van der Waals surface area (Å²) in [7, 11) is 0. The molecular formula is C12H17NO. The summed E-state index contributed by atoms with van der Waals surface area (Å²) < 4.78 is 0. The van der Waals surface area contributed by atoms with Gasteiger partial charge in [-0.25, -0.2) is 0 Å². The minimum atomic E-state index is -0.334. The van der Waals surface area contributed by atoms with Crippen LogP contribution in [0.4, 0.5) is 5.69 Å². The Kier molecular flexibility index (Phi) is 3.09. The van der Waals surface area contributed by atoms with Crippen molar-refractivity contribution in [2.75, 3.05) is 0 Å². The van der Waals surface area contributed by atoms with E-state index in [-0.39, 0.29) is 10.6 Å². The quantitative estimate of drug-likeness (QED) is 0.712. The van der Waals surface area contributed by atoms with Gasteiger partial charge in [0.05, 0.1) is 5.54 Å². The fourth-order valence-electron chi connectivity index (χ4n) is 1.29. The first-order valence-electron chi connectivity index (χ1n) is 4.73. The van der Waals surface area contributed by atoms with E-state index in [1.807, 2.05) is 45.0 Å². The molecule has 0 radical (unpaired) electrons. The van der Waals surface area contributed by atoms with Crippen molar-refractivity contribution in [2.24, 2.45) is 0 Å². The van der Waals surface area contributed by atoms with Crippen molar-refractivity contribution in [3.05, 3.63) is 41.6 Å². The summed E-state index contributed by atoms with van der Waals surface area (Å²) >= 11 is 0. The van der Waals surface area contributed by atoms with Gasteiger partial charge in [-0.05, 0) is 32.9 Å². The molecule has 0 aliphatic rings. The van der Waals surface area contributed by atoms with Crippen LogP contribution in [-0.2, 0) is 0 Å². The molecule has 0 aromatic heterocycles. The number of quaternary nitrogens is 1. The van der Waals surface area contributed by atoms with Gasteiger partial charge in [0.15, 0.2) is 0 Å². The highest BCUT2D eigenvalue weighted by Gasteiger charge is 2.21. The molecule has 1 rings (SSSR count). The molecule has 1 unspecified atom stereocenters. The first kappa shape index (κ1) is 11.0. The first-order valence-corrected chi connectivity index (χ1v) is 4.73. The van der Waals surface area contributed by atoms with Gasteiger partial charge in [-0.15, -0.1) is 0 Å². The molecule has 0 saturated heterocycles. The Hall–Kier alpha value is -1.12. The monoisotopic (exact) mass is 191 g/mol. The highest BCUT2D eigenvalue weighted by atomic mass is 16.5. The van der Waals surface area contributed by atoms with Gasteiger partial charge in [-0.2, -0.15) is 0 Å². The number of benzene rings is 1. The average molecular weight is 191 g/mol. The normalized spacial score (nSPS) is 13.7. The van der Waals surface area contributed by atoms with Crippen LogP contribution in [0.5, 0.6) is 0 Å².